The SMILES string of the molecule is COc1ccc(CN(C)C(=O)c2ccc(OCc3c(C)noc3C)cc2)cc1F. The highest BCUT2D eigenvalue weighted by Gasteiger charge is 2.14. The summed E-state index contributed by atoms with van der Waals surface area (Å²) in [5.74, 6) is 0.923. The predicted octanol–water partition coefficient (Wildman–Crippen LogP) is 4.29. The number of methoxy groups -OCH3 is 1. The van der Waals surface area contributed by atoms with Crippen LogP contribution >= 0.6 is 0 Å². The van der Waals surface area contributed by atoms with Crippen molar-refractivity contribution in [2.45, 2.75) is 27.0 Å². The van der Waals surface area contributed by atoms with Crippen molar-refractivity contribution in [3.63, 3.8) is 0 Å². The maximum atomic E-state index is 13.8. The number of nitrogens with zero attached hydrogens (tertiary/aromatic N) is 2. The van der Waals surface area contributed by atoms with Crippen molar-refractivity contribution in [2.24, 2.45) is 0 Å². The van der Waals surface area contributed by atoms with E-state index in [-0.39, 0.29) is 18.2 Å². The van der Waals surface area contributed by atoms with Crippen molar-refractivity contribution < 1.29 is 23.2 Å². The van der Waals surface area contributed by atoms with Crippen molar-refractivity contribution in [1.29, 1.82) is 0 Å². The summed E-state index contributed by atoms with van der Waals surface area (Å²) >= 11 is 0. The second-order valence-electron chi connectivity index (χ2n) is 6.75. The maximum absolute atomic E-state index is 13.8. The molecule has 3 rings (SSSR count). The molecule has 0 unspecified atom stereocenters. The van der Waals surface area contributed by atoms with Crippen molar-refractivity contribution >= 4 is 5.91 Å². The predicted molar refractivity (Wildman–Crippen MR) is 106 cm³/mol. The van der Waals surface area contributed by atoms with E-state index in [4.69, 9.17) is 14.0 Å². The van der Waals surface area contributed by atoms with E-state index in [1.165, 1.54) is 18.1 Å². The van der Waals surface area contributed by atoms with E-state index < -0.39 is 5.82 Å². The Balaban J connectivity index is 1.61. The van der Waals surface area contributed by atoms with E-state index in [2.05, 4.69) is 5.16 Å². The minimum absolute atomic E-state index is 0.168. The van der Waals surface area contributed by atoms with Crippen LogP contribution in [0.5, 0.6) is 11.5 Å². The number of carbonyl (C=O) groups is 1. The van der Waals surface area contributed by atoms with Crippen molar-refractivity contribution in [2.75, 3.05) is 14.2 Å². The van der Waals surface area contributed by atoms with E-state index in [0.29, 0.717) is 23.5 Å². The number of aromatic nitrogens is 1. The van der Waals surface area contributed by atoms with Crippen LogP contribution in [-0.2, 0) is 13.2 Å². The summed E-state index contributed by atoms with van der Waals surface area (Å²) in [4.78, 5) is 14.2. The van der Waals surface area contributed by atoms with Gasteiger partial charge in [0.1, 0.15) is 18.1 Å². The number of amides is 1. The molecule has 7 heteroatoms. The second kappa shape index (κ2) is 8.77. The fourth-order valence-corrected chi connectivity index (χ4v) is 2.93. The zero-order chi connectivity index (χ0) is 21.0. The maximum Gasteiger partial charge on any atom is 0.253 e. The normalized spacial score (nSPS) is 10.7. The topological polar surface area (TPSA) is 64.8 Å². The van der Waals surface area contributed by atoms with Crippen LogP contribution in [0.25, 0.3) is 0 Å². The van der Waals surface area contributed by atoms with Gasteiger partial charge >= 0.3 is 0 Å². The second-order valence-corrected chi connectivity index (χ2v) is 6.75. The number of hydrogen-bond donors (Lipinski definition) is 0. The lowest BCUT2D eigenvalue weighted by molar-refractivity contribution is 0.0785. The molecule has 1 heterocycles. The third-order valence-electron chi connectivity index (χ3n) is 4.65. The molecule has 0 aliphatic carbocycles. The number of rotatable bonds is 7. The van der Waals surface area contributed by atoms with Crippen LogP contribution in [0.4, 0.5) is 4.39 Å². The lowest BCUT2D eigenvalue weighted by Gasteiger charge is -2.18. The average molecular weight is 398 g/mol. The van der Waals surface area contributed by atoms with Crippen LogP contribution < -0.4 is 9.47 Å². The molecule has 2 aromatic carbocycles. The summed E-state index contributed by atoms with van der Waals surface area (Å²) in [6.45, 7) is 4.33. The van der Waals surface area contributed by atoms with Gasteiger partial charge in [-0.05, 0) is 55.8 Å². The molecule has 3 aromatic rings. The van der Waals surface area contributed by atoms with Gasteiger partial charge in [0.2, 0.25) is 0 Å². The van der Waals surface area contributed by atoms with E-state index in [0.717, 1.165) is 17.0 Å². The third-order valence-corrected chi connectivity index (χ3v) is 4.65. The first-order valence-electron chi connectivity index (χ1n) is 9.11. The molecular formula is C22H23FN2O4. The number of carbonyl (C=O) groups excluding carboxylic acids is 1. The Hall–Kier alpha value is -3.35. The molecule has 0 fully saturated rings. The highest BCUT2D eigenvalue weighted by atomic mass is 19.1. The highest BCUT2D eigenvalue weighted by molar-refractivity contribution is 5.94. The molecule has 1 aromatic heterocycles. The molecule has 6 nitrogen and oxygen atoms in total. The van der Waals surface area contributed by atoms with Gasteiger partial charge in [0, 0.05) is 19.2 Å². The first kappa shape index (κ1) is 20.4. The van der Waals surface area contributed by atoms with Crippen molar-refractivity contribution in [1.82, 2.24) is 10.1 Å². The summed E-state index contributed by atoms with van der Waals surface area (Å²) in [5, 5.41) is 3.90. The minimum Gasteiger partial charge on any atom is -0.494 e. The molecule has 1 amide bonds. The monoisotopic (exact) mass is 398 g/mol. The Kier molecular flexibility index (Phi) is 6.16. The van der Waals surface area contributed by atoms with Crippen molar-refractivity contribution in [3.8, 4) is 11.5 Å². The lowest BCUT2D eigenvalue weighted by atomic mass is 10.1. The van der Waals surface area contributed by atoms with E-state index in [1.807, 2.05) is 13.8 Å². The molecule has 0 aliphatic rings. The third kappa shape index (κ3) is 4.74. The summed E-state index contributed by atoms with van der Waals surface area (Å²) in [7, 11) is 3.09. The van der Waals surface area contributed by atoms with Gasteiger partial charge in [0.15, 0.2) is 11.6 Å². The molecule has 29 heavy (non-hydrogen) atoms. The summed E-state index contributed by atoms with van der Waals surface area (Å²) in [6.07, 6.45) is 0. The number of benzene rings is 2. The Bertz CT molecular complexity index is 979. The largest absolute Gasteiger partial charge is 0.494 e. The van der Waals surface area contributed by atoms with Gasteiger partial charge in [-0.2, -0.15) is 0 Å². The summed E-state index contributed by atoms with van der Waals surface area (Å²) < 4.78 is 29.6. The fourth-order valence-electron chi connectivity index (χ4n) is 2.93. The van der Waals surface area contributed by atoms with Gasteiger partial charge in [0.05, 0.1) is 18.4 Å². The Morgan fingerprint density at radius 2 is 1.90 bits per heavy atom. The number of ether oxygens (including phenoxy) is 2. The van der Waals surface area contributed by atoms with Gasteiger partial charge in [-0.15, -0.1) is 0 Å². The zero-order valence-corrected chi connectivity index (χ0v) is 16.9. The number of hydrogen-bond acceptors (Lipinski definition) is 5. The molecule has 0 bridgehead atoms. The van der Waals surface area contributed by atoms with Crippen LogP contribution in [0.2, 0.25) is 0 Å². The Morgan fingerprint density at radius 1 is 1.17 bits per heavy atom. The van der Waals surface area contributed by atoms with E-state index in [9.17, 15) is 9.18 Å². The molecule has 0 N–H and O–H groups in total. The Morgan fingerprint density at radius 3 is 2.48 bits per heavy atom. The van der Waals surface area contributed by atoms with E-state index in [1.54, 1.807) is 43.4 Å². The minimum atomic E-state index is -0.453. The standard InChI is InChI=1S/C22H23FN2O4/c1-14-19(15(2)29-24-14)13-28-18-8-6-17(7-9-18)22(26)25(3)12-16-5-10-21(27-4)20(23)11-16/h5-11H,12-13H2,1-4H3. The lowest BCUT2D eigenvalue weighted by Crippen LogP contribution is -2.26. The average Bonchev–Trinajstić information content (AvgIpc) is 3.04. The first-order valence-corrected chi connectivity index (χ1v) is 9.11. The van der Waals surface area contributed by atoms with Gasteiger partial charge < -0.3 is 18.9 Å². The van der Waals surface area contributed by atoms with Crippen LogP contribution in [0, 0.1) is 19.7 Å². The van der Waals surface area contributed by atoms with Crippen LogP contribution in [0.3, 0.4) is 0 Å². The van der Waals surface area contributed by atoms with Crippen LogP contribution in [-0.4, -0.2) is 30.1 Å². The molecule has 0 radical (unpaired) electrons. The van der Waals surface area contributed by atoms with Gasteiger partial charge in [0.25, 0.3) is 5.91 Å². The number of halogens is 1. The highest BCUT2D eigenvalue weighted by Crippen LogP contribution is 2.20. The molecule has 0 spiro atoms. The van der Waals surface area contributed by atoms with Crippen LogP contribution in [0.15, 0.2) is 47.0 Å². The molecule has 152 valence electrons. The van der Waals surface area contributed by atoms with Gasteiger partial charge in [-0.25, -0.2) is 4.39 Å². The molecule has 0 saturated heterocycles. The molecule has 0 atom stereocenters. The molecular weight excluding hydrogens is 375 g/mol. The molecule has 0 saturated carbocycles. The summed E-state index contributed by atoms with van der Waals surface area (Å²) in [5.41, 5.74) is 2.91. The van der Waals surface area contributed by atoms with E-state index >= 15 is 0 Å². The first-order chi connectivity index (χ1) is 13.9. The fraction of sp³-hybridized carbons (Fsp3) is 0.273. The van der Waals surface area contributed by atoms with Crippen molar-refractivity contribution in [3.05, 3.63) is 76.4 Å². The smallest absolute Gasteiger partial charge is 0.253 e. The molecule has 0 aliphatic heterocycles. The quantitative estimate of drug-likeness (QED) is 0.594. The van der Waals surface area contributed by atoms with Crippen LogP contribution in [0.1, 0.15) is 32.9 Å². The Labute approximate surface area is 168 Å². The van der Waals surface area contributed by atoms with Gasteiger partial charge in [-0.1, -0.05) is 11.2 Å². The summed E-state index contributed by atoms with van der Waals surface area (Å²) in [6, 6.07) is 11.5. The van der Waals surface area contributed by atoms with Gasteiger partial charge in [-0.3, -0.25) is 4.79 Å². The zero-order valence-electron chi connectivity index (χ0n) is 16.9. The number of aryl methyl sites for hydroxylation is 2.